The number of nitrogen functional groups attached to an aromatic ring is 1. The number of rotatable bonds is 3. The average Bonchev–Trinajstić information content (AvgIpc) is 2.21. The van der Waals surface area contributed by atoms with Crippen molar-refractivity contribution in [3.8, 4) is 5.75 Å². The first-order valence-electron chi connectivity index (χ1n) is 4.91. The van der Waals surface area contributed by atoms with E-state index in [0.29, 0.717) is 18.4 Å². The first-order chi connectivity index (χ1) is 7.16. The van der Waals surface area contributed by atoms with Crippen LogP contribution in [0.2, 0.25) is 0 Å². The number of pyridine rings is 1. The van der Waals surface area contributed by atoms with Crippen molar-refractivity contribution in [1.29, 1.82) is 0 Å². The van der Waals surface area contributed by atoms with Gasteiger partial charge in [0.15, 0.2) is 0 Å². The lowest BCUT2D eigenvalue weighted by atomic mass is 10.1. The first-order valence-corrected chi connectivity index (χ1v) is 4.91. The number of nitrogens with two attached hydrogens (primary N) is 1. The highest BCUT2D eigenvalue weighted by Gasteiger charge is 2.24. The third kappa shape index (κ3) is 2.18. The SMILES string of the molecule is CN1CC[C@H]1COc1cnc(F)c(N)c1. The highest BCUT2D eigenvalue weighted by Crippen LogP contribution is 2.19. The molecule has 0 amide bonds. The lowest BCUT2D eigenvalue weighted by Crippen LogP contribution is -2.48. The van der Waals surface area contributed by atoms with Gasteiger partial charge in [-0.25, -0.2) is 4.98 Å². The van der Waals surface area contributed by atoms with E-state index in [4.69, 9.17) is 10.5 Å². The molecule has 82 valence electrons. The Morgan fingerprint density at radius 3 is 3.07 bits per heavy atom. The van der Waals surface area contributed by atoms with Crippen LogP contribution in [0.5, 0.6) is 5.75 Å². The number of aromatic nitrogens is 1. The van der Waals surface area contributed by atoms with Gasteiger partial charge in [-0.05, 0) is 20.0 Å². The van der Waals surface area contributed by atoms with Gasteiger partial charge in [0.05, 0.1) is 11.9 Å². The van der Waals surface area contributed by atoms with E-state index in [2.05, 4.69) is 16.9 Å². The average molecular weight is 211 g/mol. The summed E-state index contributed by atoms with van der Waals surface area (Å²) < 4.78 is 18.2. The maximum Gasteiger partial charge on any atom is 0.236 e. The summed E-state index contributed by atoms with van der Waals surface area (Å²) in [5.74, 6) is -0.127. The van der Waals surface area contributed by atoms with Crippen molar-refractivity contribution >= 4 is 5.69 Å². The summed E-state index contributed by atoms with van der Waals surface area (Å²) in [7, 11) is 2.05. The van der Waals surface area contributed by atoms with E-state index in [1.807, 2.05) is 0 Å². The number of nitrogens with zero attached hydrogens (tertiary/aromatic N) is 2. The molecule has 1 saturated heterocycles. The summed E-state index contributed by atoms with van der Waals surface area (Å²) in [6.45, 7) is 1.71. The molecule has 1 atom stereocenters. The van der Waals surface area contributed by atoms with E-state index in [0.717, 1.165) is 13.0 Å². The summed E-state index contributed by atoms with van der Waals surface area (Å²) in [4.78, 5) is 5.70. The van der Waals surface area contributed by atoms with Gasteiger partial charge in [0.25, 0.3) is 0 Å². The monoisotopic (exact) mass is 211 g/mol. The molecule has 2 N–H and O–H groups in total. The van der Waals surface area contributed by atoms with Crippen molar-refractivity contribution in [2.24, 2.45) is 0 Å². The predicted molar refractivity (Wildman–Crippen MR) is 55.1 cm³/mol. The van der Waals surface area contributed by atoms with E-state index < -0.39 is 5.95 Å². The zero-order chi connectivity index (χ0) is 10.8. The number of hydrogen-bond acceptors (Lipinski definition) is 4. The molecule has 0 unspecified atom stereocenters. The third-order valence-electron chi connectivity index (χ3n) is 2.72. The van der Waals surface area contributed by atoms with Crippen LogP contribution in [0.4, 0.5) is 10.1 Å². The Hall–Kier alpha value is -1.36. The Balaban J connectivity index is 1.90. The fourth-order valence-corrected chi connectivity index (χ4v) is 1.50. The Labute approximate surface area is 87.8 Å². The summed E-state index contributed by atoms with van der Waals surface area (Å²) in [6.07, 6.45) is 2.49. The van der Waals surface area contributed by atoms with Gasteiger partial charge in [-0.2, -0.15) is 4.39 Å². The molecule has 15 heavy (non-hydrogen) atoms. The molecule has 0 radical (unpaired) electrons. The minimum atomic E-state index is -0.650. The molecular formula is C10H14FN3O. The van der Waals surface area contributed by atoms with Crippen LogP contribution < -0.4 is 10.5 Å². The zero-order valence-corrected chi connectivity index (χ0v) is 8.61. The van der Waals surface area contributed by atoms with Gasteiger partial charge in [-0.15, -0.1) is 0 Å². The molecule has 2 heterocycles. The Morgan fingerprint density at radius 1 is 1.73 bits per heavy atom. The minimum absolute atomic E-state index is 0.0227. The fraction of sp³-hybridized carbons (Fsp3) is 0.500. The highest BCUT2D eigenvalue weighted by molar-refractivity contribution is 5.41. The van der Waals surface area contributed by atoms with Gasteiger partial charge in [-0.1, -0.05) is 0 Å². The summed E-state index contributed by atoms with van der Waals surface area (Å²) >= 11 is 0. The number of likely N-dealkylation sites (tertiary alicyclic amines) is 1. The fourth-order valence-electron chi connectivity index (χ4n) is 1.50. The van der Waals surface area contributed by atoms with Crippen molar-refractivity contribution in [2.45, 2.75) is 12.5 Å². The smallest absolute Gasteiger partial charge is 0.236 e. The van der Waals surface area contributed by atoms with Gasteiger partial charge in [0, 0.05) is 12.1 Å². The van der Waals surface area contributed by atoms with Crippen molar-refractivity contribution in [3.63, 3.8) is 0 Å². The molecule has 4 nitrogen and oxygen atoms in total. The quantitative estimate of drug-likeness (QED) is 0.754. The third-order valence-corrected chi connectivity index (χ3v) is 2.72. The number of hydrogen-bond donors (Lipinski definition) is 1. The summed E-state index contributed by atoms with van der Waals surface area (Å²) in [6, 6.07) is 1.91. The Bertz CT molecular complexity index is 359. The first kappa shape index (κ1) is 10.2. The molecule has 0 saturated carbocycles. The van der Waals surface area contributed by atoms with Crippen LogP contribution in [0, 0.1) is 5.95 Å². The number of likely N-dealkylation sites (N-methyl/N-ethyl adjacent to an activating group) is 1. The molecule has 1 aromatic rings. The van der Waals surface area contributed by atoms with E-state index in [1.165, 1.54) is 12.3 Å². The van der Waals surface area contributed by atoms with Gasteiger partial charge in [0.1, 0.15) is 12.4 Å². The highest BCUT2D eigenvalue weighted by atomic mass is 19.1. The van der Waals surface area contributed by atoms with E-state index in [1.54, 1.807) is 0 Å². The molecule has 1 aliphatic heterocycles. The number of halogens is 1. The van der Waals surface area contributed by atoms with Crippen LogP contribution in [-0.4, -0.2) is 36.1 Å². The molecule has 0 aromatic carbocycles. The second-order valence-corrected chi connectivity index (χ2v) is 3.79. The number of anilines is 1. The largest absolute Gasteiger partial charge is 0.490 e. The van der Waals surface area contributed by atoms with Gasteiger partial charge in [0.2, 0.25) is 5.95 Å². The maximum atomic E-state index is 12.7. The molecule has 1 fully saturated rings. The molecule has 1 aromatic heterocycles. The van der Waals surface area contributed by atoms with E-state index in [9.17, 15) is 4.39 Å². The molecular weight excluding hydrogens is 197 g/mol. The lowest BCUT2D eigenvalue weighted by molar-refractivity contribution is 0.0767. The van der Waals surface area contributed by atoms with Gasteiger partial charge in [-0.3, -0.25) is 4.90 Å². The Morgan fingerprint density at radius 2 is 2.53 bits per heavy atom. The molecule has 0 bridgehead atoms. The normalized spacial score (nSPS) is 21.1. The van der Waals surface area contributed by atoms with E-state index in [-0.39, 0.29) is 5.69 Å². The lowest BCUT2D eigenvalue weighted by Gasteiger charge is -2.37. The molecule has 1 aliphatic rings. The van der Waals surface area contributed by atoms with Gasteiger partial charge >= 0.3 is 0 Å². The van der Waals surface area contributed by atoms with Crippen molar-refractivity contribution in [3.05, 3.63) is 18.2 Å². The molecule has 0 spiro atoms. The van der Waals surface area contributed by atoms with Crippen LogP contribution in [0.15, 0.2) is 12.3 Å². The summed E-state index contributed by atoms with van der Waals surface area (Å²) in [5, 5.41) is 0. The Kier molecular flexibility index (Phi) is 2.73. The van der Waals surface area contributed by atoms with Crippen molar-refractivity contribution < 1.29 is 9.13 Å². The zero-order valence-electron chi connectivity index (χ0n) is 8.61. The standard InChI is InChI=1S/C10H14FN3O/c1-14-3-2-7(14)6-15-8-4-9(12)10(11)13-5-8/h4-5,7H,2-3,6,12H2,1H3/t7-/m0/s1. The predicted octanol–water partition coefficient (Wildman–Crippen LogP) is 0.886. The minimum Gasteiger partial charge on any atom is -0.490 e. The van der Waals surface area contributed by atoms with Crippen LogP contribution in [0.3, 0.4) is 0 Å². The van der Waals surface area contributed by atoms with E-state index >= 15 is 0 Å². The second kappa shape index (κ2) is 4.02. The van der Waals surface area contributed by atoms with Crippen molar-refractivity contribution in [1.82, 2.24) is 9.88 Å². The molecule has 0 aliphatic carbocycles. The van der Waals surface area contributed by atoms with Crippen LogP contribution in [0.1, 0.15) is 6.42 Å². The molecule has 2 rings (SSSR count). The topological polar surface area (TPSA) is 51.4 Å². The van der Waals surface area contributed by atoms with Crippen LogP contribution >= 0.6 is 0 Å². The maximum absolute atomic E-state index is 12.7. The second-order valence-electron chi connectivity index (χ2n) is 3.79. The van der Waals surface area contributed by atoms with Crippen LogP contribution in [-0.2, 0) is 0 Å². The summed E-state index contributed by atoms with van der Waals surface area (Å²) in [5.41, 5.74) is 5.40. The van der Waals surface area contributed by atoms with Crippen LogP contribution in [0.25, 0.3) is 0 Å². The molecule has 5 heteroatoms. The number of ether oxygens (including phenoxy) is 1. The van der Waals surface area contributed by atoms with Crippen molar-refractivity contribution in [2.75, 3.05) is 25.9 Å². The van der Waals surface area contributed by atoms with Gasteiger partial charge < -0.3 is 10.5 Å².